The van der Waals surface area contributed by atoms with Gasteiger partial charge in [-0.2, -0.15) is 5.26 Å². The van der Waals surface area contributed by atoms with Gasteiger partial charge in [-0.05, 0) is 18.4 Å². The van der Waals surface area contributed by atoms with Crippen LogP contribution >= 0.6 is 22.7 Å². The van der Waals surface area contributed by atoms with Gasteiger partial charge in [-0.3, -0.25) is 10.2 Å². The quantitative estimate of drug-likeness (QED) is 0.656. The number of carbonyl (C=O) groups excluding carboxylic acids is 1. The average Bonchev–Trinajstić information content (AvgIpc) is 3.06. The Balaban J connectivity index is 1.88. The Morgan fingerprint density at radius 2 is 2.40 bits per heavy atom. The number of nitrogens with zero attached hydrogens (tertiary/aromatic N) is 2. The minimum atomic E-state index is -0.156. The van der Waals surface area contributed by atoms with Crippen molar-refractivity contribution < 1.29 is 4.79 Å². The molecular formula is C13H12N4OS2. The molecule has 0 fully saturated rings. The monoisotopic (exact) mass is 304 g/mol. The number of thiazole rings is 1. The predicted molar refractivity (Wildman–Crippen MR) is 79.7 cm³/mol. The van der Waals surface area contributed by atoms with Crippen molar-refractivity contribution in [2.75, 3.05) is 0 Å². The Hall–Kier alpha value is -2.17. The van der Waals surface area contributed by atoms with Crippen molar-refractivity contribution >= 4 is 34.2 Å². The number of allylic oxidation sites excluding steroid dienone is 1. The van der Waals surface area contributed by atoms with Gasteiger partial charge in [-0.25, -0.2) is 4.98 Å². The summed E-state index contributed by atoms with van der Waals surface area (Å²) in [5.74, 6) is -0.156. The van der Waals surface area contributed by atoms with E-state index in [0.29, 0.717) is 17.0 Å². The number of amides is 1. The molecular weight excluding hydrogens is 292 g/mol. The number of aryl methyl sites for hydroxylation is 1. The zero-order valence-corrected chi connectivity index (χ0v) is 12.3. The number of hydrogen-bond donors (Lipinski definition) is 2. The molecule has 2 aromatic heterocycles. The van der Waals surface area contributed by atoms with Crippen molar-refractivity contribution in [2.45, 2.75) is 13.3 Å². The van der Waals surface area contributed by atoms with Crippen LogP contribution in [0, 0.1) is 18.3 Å². The summed E-state index contributed by atoms with van der Waals surface area (Å²) in [6.45, 7) is 1.87. The lowest BCUT2D eigenvalue weighted by Crippen LogP contribution is -2.34. The molecule has 0 unspecified atom stereocenters. The molecule has 2 aromatic rings. The summed E-state index contributed by atoms with van der Waals surface area (Å²) in [5, 5.41) is 13.5. The first kappa shape index (κ1) is 14.2. The van der Waals surface area contributed by atoms with Gasteiger partial charge in [0.1, 0.15) is 16.6 Å². The Morgan fingerprint density at radius 1 is 1.55 bits per heavy atom. The predicted octanol–water partition coefficient (Wildman–Crippen LogP) is 2.24. The van der Waals surface area contributed by atoms with Gasteiger partial charge in [0.25, 0.3) is 0 Å². The zero-order chi connectivity index (χ0) is 14.4. The molecule has 0 spiro atoms. The van der Waals surface area contributed by atoms with Crippen LogP contribution in [-0.2, 0) is 11.2 Å². The zero-order valence-electron chi connectivity index (χ0n) is 10.7. The molecule has 0 aliphatic rings. The third-order valence-corrected chi connectivity index (χ3v) is 4.18. The first-order valence-corrected chi connectivity index (χ1v) is 7.54. The highest BCUT2D eigenvalue weighted by molar-refractivity contribution is 7.11. The molecule has 0 atom stereocenters. The lowest BCUT2D eigenvalue weighted by atomic mass is 10.3. The summed E-state index contributed by atoms with van der Waals surface area (Å²) in [6.07, 6.45) is 1.77. The number of carbonyl (C=O) groups is 1. The standard InChI is InChI=1S/C13H12N4OS2/c1-9-8-20-13(16-9)10(6-14)7-15-17-12(18)5-11-3-2-4-19-11/h2-4,7-8,15H,5H2,1H3,(H,17,18)/b10-7+. The molecule has 5 nitrogen and oxygen atoms in total. The first-order chi connectivity index (χ1) is 9.69. The fraction of sp³-hybridized carbons (Fsp3) is 0.154. The van der Waals surface area contributed by atoms with Gasteiger partial charge in [-0.1, -0.05) is 6.07 Å². The van der Waals surface area contributed by atoms with E-state index in [0.717, 1.165) is 10.6 Å². The van der Waals surface area contributed by atoms with Crippen molar-refractivity contribution in [3.8, 4) is 6.07 Å². The summed E-state index contributed by atoms with van der Waals surface area (Å²) in [4.78, 5) is 16.8. The number of hydrogen-bond acceptors (Lipinski definition) is 6. The molecule has 0 saturated heterocycles. The minimum Gasteiger partial charge on any atom is -0.304 e. The number of thiophene rings is 1. The van der Waals surface area contributed by atoms with E-state index in [1.165, 1.54) is 28.9 Å². The minimum absolute atomic E-state index is 0.156. The van der Waals surface area contributed by atoms with Gasteiger partial charge in [0.05, 0.1) is 6.42 Å². The summed E-state index contributed by atoms with van der Waals surface area (Å²) in [7, 11) is 0. The van der Waals surface area contributed by atoms with E-state index in [9.17, 15) is 4.79 Å². The largest absolute Gasteiger partial charge is 0.304 e. The topological polar surface area (TPSA) is 77.8 Å². The molecule has 0 bridgehead atoms. The molecule has 102 valence electrons. The molecule has 2 rings (SSSR count). The van der Waals surface area contributed by atoms with Crippen LogP contribution in [-0.4, -0.2) is 10.9 Å². The van der Waals surface area contributed by atoms with E-state index in [4.69, 9.17) is 5.26 Å². The number of hydrazine groups is 1. The maximum Gasteiger partial charge on any atom is 0.243 e. The van der Waals surface area contributed by atoms with Crippen molar-refractivity contribution in [2.24, 2.45) is 0 Å². The van der Waals surface area contributed by atoms with Gasteiger partial charge in [0, 0.05) is 22.2 Å². The van der Waals surface area contributed by atoms with Crippen LogP contribution in [0.2, 0.25) is 0 Å². The van der Waals surface area contributed by atoms with E-state index >= 15 is 0 Å². The molecule has 0 aliphatic heterocycles. The van der Waals surface area contributed by atoms with Crippen molar-refractivity contribution in [1.82, 2.24) is 15.8 Å². The summed E-state index contributed by atoms with van der Waals surface area (Å²) in [6, 6.07) is 5.85. The molecule has 7 heteroatoms. The second-order valence-corrected chi connectivity index (χ2v) is 5.80. The first-order valence-electron chi connectivity index (χ1n) is 5.78. The smallest absolute Gasteiger partial charge is 0.243 e. The van der Waals surface area contributed by atoms with E-state index in [2.05, 4.69) is 15.8 Å². The van der Waals surface area contributed by atoms with Gasteiger partial charge in [0.2, 0.25) is 5.91 Å². The molecule has 0 saturated carbocycles. The van der Waals surface area contributed by atoms with Gasteiger partial charge >= 0.3 is 0 Å². The highest BCUT2D eigenvalue weighted by atomic mass is 32.1. The molecule has 0 aliphatic carbocycles. The van der Waals surface area contributed by atoms with Crippen molar-refractivity contribution in [1.29, 1.82) is 5.26 Å². The van der Waals surface area contributed by atoms with Crippen LogP contribution in [0.15, 0.2) is 29.1 Å². The average molecular weight is 304 g/mol. The molecule has 1 amide bonds. The highest BCUT2D eigenvalue weighted by Gasteiger charge is 2.06. The second-order valence-electron chi connectivity index (χ2n) is 3.91. The van der Waals surface area contributed by atoms with Crippen LogP contribution in [0.4, 0.5) is 0 Å². The lowest BCUT2D eigenvalue weighted by Gasteiger charge is -2.03. The summed E-state index contributed by atoms with van der Waals surface area (Å²) < 4.78 is 0. The number of nitrogens with one attached hydrogen (secondary N) is 2. The molecule has 2 heterocycles. The maximum atomic E-state index is 11.6. The maximum absolute atomic E-state index is 11.6. The van der Waals surface area contributed by atoms with Gasteiger partial charge < -0.3 is 5.43 Å². The van der Waals surface area contributed by atoms with Gasteiger partial charge in [0.15, 0.2) is 0 Å². The van der Waals surface area contributed by atoms with E-state index in [1.54, 1.807) is 0 Å². The van der Waals surface area contributed by atoms with Crippen LogP contribution in [0.1, 0.15) is 15.6 Å². The molecule has 20 heavy (non-hydrogen) atoms. The molecule has 0 aromatic carbocycles. The van der Waals surface area contributed by atoms with Crippen molar-refractivity contribution in [3.63, 3.8) is 0 Å². The second kappa shape index (κ2) is 6.84. The Morgan fingerprint density at radius 3 is 3.00 bits per heavy atom. The number of aromatic nitrogens is 1. The fourth-order valence-electron chi connectivity index (χ4n) is 1.42. The Kier molecular flexibility index (Phi) is 4.87. The van der Waals surface area contributed by atoms with E-state index in [1.807, 2.05) is 35.9 Å². The Labute approximate surface area is 124 Å². The number of nitriles is 1. The van der Waals surface area contributed by atoms with Crippen molar-refractivity contribution in [3.05, 3.63) is 44.7 Å². The summed E-state index contributed by atoms with van der Waals surface area (Å²) in [5.41, 5.74) is 6.43. The fourth-order valence-corrected chi connectivity index (χ4v) is 2.89. The Bertz CT molecular complexity index is 652. The van der Waals surface area contributed by atoms with Crippen LogP contribution in [0.3, 0.4) is 0 Å². The lowest BCUT2D eigenvalue weighted by molar-refractivity contribution is -0.121. The van der Waals surface area contributed by atoms with Crippen LogP contribution < -0.4 is 10.9 Å². The third kappa shape index (κ3) is 3.91. The molecule has 0 radical (unpaired) electrons. The molecule has 2 N–H and O–H groups in total. The van der Waals surface area contributed by atoms with Crippen LogP contribution in [0.5, 0.6) is 0 Å². The SMILES string of the molecule is Cc1csc(/C(C#N)=C/NNC(=O)Cc2cccs2)n1. The van der Waals surface area contributed by atoms with Crippen LogP contribution in [0.25, 0.3) is 5.57 Å². The third-order valence-electron chi connectivity index (χ3n) is 2.31. The van der Waals surface area contributed by atoms with E-state index < -0.39 is 0 Å². The number of rotatable bonds is 5. The van der Waals surface area contributed by atoms with Gasteiger partial charge in [-0.15, -0.1) is 22.7 Å². The van der Waals surface area contributed by atoms with E-state index in [-0.39, 0.29) is 5.91 Å². The highest BCUT2D eigenvalue weighted by Crippen LogP contribution is 2.17. The summed E-state index contributed by atoms with van der Waals surface area (Å²) >= 11 is 2.92. The normalized spacial score (nSPS) is 10.9.